The average molecular weight is 398 g/mol. The van der Waals surface area contributed by atoms with Crippen molar-refractivity contribution in [3.63, 3.8) is 0 Å². The minimum absolute atomic E-state index is 0.00811. The average Bonchev–Trinajstić information content (AvgIpc) is 2.74. The van der Waals surface area contributed by atoms with Crippen molar-refractivity contribution in [1.29, 1.82) is 0 Å². The molecule has 0 radical (unpaired) electrons. The number of nitrogens with one attached hydrogen (secondary N) is 1. The van der Waals surface area contributed by atoms with Gasteiger partial charge in [-0.15, -0.1) is 0 Å². The number of benzene rings is 3. The summed E-state index contributed by atoms with van der Waals surface area (Å²) < 4.78 is 5.65. The zero-order valence-corrected chi connectivity index (χ0v) is 16.7. The van der Waals surface area contributed by atoms with Gasteiger partial charge in [0.2, 0.25) is 0 Å². The highest BCUT2D eigenvalue weighted by atomic mass is 32.2. The molecule has 0 amide bonds. The lowest BCUT2D eigenvalue weighted by atomic mass is 10.0. The fraction of sp³-hybridized carbons (Fsp3) is 0.304. The summed E-state index contributed by atoms with van der Waals surface area (Å²) in [5, 5.41) is 24.7. The molecule has 3 N–H and O–H groups in total. The number of ether oxygens (including phenoxy) is 1. The molecule has 0 spiro atoms. The molecule has 28 heavy (non-hydrogen) atoms. The van der Waals surface area contributed by atoms with Crippen LogP contribution in [-0.4, -0.2) is 47.6 Å². The molecule has 0 aromatic heterocycles. The molecule has 0 aliphatic rings. The first-order chi connectivity index (χ1) is 13.8. The number of aliphatic hydroxyl groups excluding tert-OH is 2. The summed E-state index contributed by atoms with van der Waals surface area (Å²) in [4.78, 5) is 0. The van der Waals surface area contributed by atoms with Crippen LogP contribution >= 0.6 is 11.8 Å². The Balaban J connectivity index is 1.48. The second kappa shape index (κ2) is 11.0. The molecule has 5 heteroatoms. The van der Waals surface area contributed by atoms with E-state index >= 15 is 0 Å². The van der Waals surface area contributed by atoms with Gasteiger partial charge in [-0.25, -0.2) is 0 Å². The van der Waals surface area contributed by atoms with Crippen LogP contribution in [0.15, 0.2) is 66.7 Å². The lowest BCUT2D eigenvalue weighted by Crippen LogP contribution is -2.22. The Labute approximate surface area is 170 Å². The zero-order valence-electron chi connectivity index (χ0n) is 15.9. The molecule has 0 heterocycles. The number of thioether (sulfide) groups is 1. The third kappa shape index (κ3) is 5.89. The third-order valence-corrected chi connectivity index (χ3v) is 5.58. The number of para-hydroxylation sites is 1. The van der Waals surface area contributed by atoms with Crippen molar-refractivity contribution in [3.05, 3.63) is 72.3 Å². The van der Waals surface area contributed by atoms with Crippen LogP contribution in [0.2, 0.25) is 0 Å². The minimum Gasteiger partial charge on any atom is -0.491 e. The van der Waals surface area contributed by atoms with Crippen molar-refractivity contribution >= 4 is 28.2 Å². The van der Waals surface area contributed by atoms with Gasteiger partial charge in [-0.2, -0.15) is 11.8 Å². The Hall–Kier alpha value is -2.21. The molecule has 0 bridgehead atoms. The van der Waals surface area contributed by atoms with Gasteiger partial charge < -0.3 is 20.3 Å². The number of hydrogen-bond acceptors (Lipinski definition) is 5. The van der Waals surface area contributed by atoms with Crippen LogP contribution < -0.4 is 10.1 Å². The van der Waals surface area contributed by atoms with Crippen LogP contribution in [0.3, 0.4) is 0 Å². The first-order valence-corrected chi connectivity index (χ1v) is 10.7. The lowest BCUT2D eigenvalue weighted by Gasteiger charge is -2.13. The van der Waals surface area contributed by atoms with E-state index in [1.165, 1.54) is 10.9 Å². The van der Waals surface area contributed by atoms with Crippen molar-refractivity contribution < 1.29 is 14.9 Å². The van der Waals surface area contributed by atoms with E-state index in [1.54, 1.807) is 11.8 Å². The third-order valence-electron chi connectivity index (χ3n) is 4.46. The monoisotopic (exact) mass is 397 g/mol. The van der Waals surface area contributed by atoms with E-state index in [2.05, 4.69) is 23.5 Å². The molecular weight excluding hydrogens is 370 g/mol. The van der Waals surface area contributed by atoms with E-state index in [1.807, 2.05) is 48.5 Å². The van der Waals surface area contributed by atoms with E-state index in [4.69, 9.17) is 9.84 Å². The number of aryl methyl sites for hydroxylation is 1. The van der Waals surface area contributed by atoms with Crippen LogP contribution in [0.5, 0.6) is 5.75 Å². The Kier molecular flexibility index (Phi) is 8.03. The topological polar surface area (TPSA) is 61.7 Å². The summed E-state index contributed by atoms with van der Waals surface area (Å²) in [6.45, 7) is 0.860. The van der Waals surface area contributed by atoms with Crippen LogP contribution in [0.1, 0.15) is 5.56 Å². The normalized spacial score (nSPS) is 12.1. The van der Waals surface area contributed by atoms with Gasteiger partial charge in [-0.05, 0) is 41.3 Å². The molecular formula is C23H27NO3S. The standard InChI is InChI=1S/C23H27NO3S/c25-13-14-27-23-11-5-9-21-18(6-4-10-22(21)23)12-15-28-17-20(26)16-24-19-7-2-1-3-8-19/h1-11,20,24-26H,12-17H2. The lowest BCUT2D eigenvalue weighted by molar-refractivity contribution is 0.203. The summed E-state index contributed by atoms with van der Waals surface area (Å²) in [5.41, 5.74) is 2.30. The van der Waals surface area contributed by atoms with Crippen LogP contribution in [0, 0.1) is 0 Å². The zero-order chi connectivity index (χ0) is 19.6. The fourth-order valence-electron chi connectivity index (χ4n) is 3.10. The summed E-state index contributed by atoms with van der Waals surface area (Å²) in [5.74, 6) is 2.46. The Morgan fingerprint density at radius 1 is 0.929 bits per heavy atom. The maximum Gasteiger partial charge on any atom is 0.127 e. The second-order valence-electron chi connectivity index (χ2n) is 6.57. The summed E-state index contributed by atoms with van der Waals surface area (Å²) in [6, 6.07) is 22.2. The summed E-state index contributed by atoms with van der Waals surface area (Å²) in [6.07, 6.45) is 0.556. The first-order valence-electron chi connectivity index (χ1n) is 9.57. The summed E-state index contributed by atoms with van der Waals surface area (Å²) in [7, 11) is 0. The molecule has 3 aromatic rings. The smallest absolute Gasteiger partial charge is 0.127 e. The highest BCUT2D eigenvalue weighted by Gasteiger charge is 2.08. The molecule has 1 atom stereocenters. The van der Waals surface area contributed by atoms with E-state index in [0.29, 0.717) is 18.9 Å². The Morgan fingerprint density at radius 2 is 1.71 bits per heavy atom. The minimum atomic E-state index is -0.379. The highest BCUT2D eigenvalue weighted by Crippen LogP contribution is 2.28. The van der Waals surface area contributed by atoms with E-state index < -0.39 is 0 Å². The second-order valence-corrected chi connectivity index (χ2v) is 7.72. The Morgan fingerprint density at radius 3 is 2.54 bits per heavy atom. The van der Waals surface area contributed by atoms with Gasteiger partial charge in [0, 0.05) is 23.4 Å². The van der Waals surface area contributed by atoms with Crippen molar-refractivity contribution in [2.75, 3.05) is 36.6 Å². The van der Waals surface area contributed by atoms with Gasteiger partial charge in [0.15, 0.2) is 0 Å². The van der Waals surface area contributed by atoms with E-state index in [-0.39, 0.29) is 12.7 Å². The molecule has 0 fully saturated rings. The van der Waals surface area contributed by atoms with Gasteiger partial charge in [-0.3, -0.25) is 0 Å². The number of fused-ring (bicyclic) bond motifs is 1. The molecule has 0 saturated heterocycles. The molecule has 4 nitrogen and oxygen atoms in total. The van der Waals surface area contributed by atoms with Gasteiger partial charge in [0.05, 0.1) is 12.7 Å². The van der Waals surface area contributed by atoms with Gasteiger partial charge in [0.25, 0.3) is 0 Å². The largest absolute Gasteiger partial charge is 0.491 e. The van der Waals surface area contributed by atoms with Crippen molar-refractivity contribution in [2.24, 2.45) is 0 Å². The van der Waals surface area contributed by atoms with Crippen molar-refractivity contribution in [1.82, 2.24) is 0 Å². The molecule has 0 aliphatic carbocycles. The van der Waals surface area contributed by atoms with E-state index in [9.17, 15) is 5.11 Å². The number of hydrogen-bond donors (Lipinski definition) is 3. The van der Waals surface area contributed by atoms with Gasteiger partial charge in [-0.1, -0.05) is 48.5 Å². The maximum atomic E-state index is 10.2. The van der Waals surface area contributed by atoms with Crippen molar-refractivity contribution in [3.8, 4) is 5.75 Å². The molecule has 3 aromatic carbocycles. The Bertz CT molecular complexity index is 857. The first kappa shape index (κ1) is 20.5. The molecule has 0 saturated carbocycles. The highest BCUT2D eigenvalue weighted by molar-refractivity contribution is 7.99. The predicted molar refractivity (Wildman–Crippen MR) is 118 cm³/mol. The number of rotatable bonds is 11. The molecule has 3 rings (SSSR count). The maximum absolute atomic E-state index is 10.2. The van der Waals surface area contributed by atoms with Gasteiger partial charge in [0.1, 0.15) is 12.4 Å². The summed E-state index contributed by atoms with van der Waals surface area (Å²) >= 11 is 1.76. The van der Waals surface area contributed by atoms with Crippen LogP contribution in [-0.2, 0) is 6.42 Å². The SMILES string of the molecule is OCCOc1cccc2c(CCSCC(O)CNc3ccccc3)cccc12. The van der Waals surface area contributed by atoms with Crippen LogP contribution in [0.25, 0.3) is 10.8 Å². The fourth-order valence-corrected chi connectivity index (χ4v) is 4.02. The van der Waals surface area contributed by atoms with Crippen molar-refractivity contribution in [2.45, 2.75) is 12.5 Å². The van der Waals surface area contributed by atoms with Crippen LogP contribution in [0.4, 0.5) is 5.69 Å². The number of anilines is 1. The molecule has 0 aliphatic heterocycles. The molecule has 1 unspecified atom stereocenters. The molecule has 148 valence electrons. The van der Waals surface area contributed by atoms with E-state index in [0.717, 1.165) is 29.0 Å². The number of aliphatic hydroxyl groups is 2. The van der Waals surface area contributed by atoms with Gasteiger partial charge >= 0.3 is 0 Å². The predicted octanol–water partition coefficient (Wildman–Crippen LogP) is 3.96. The quantitative estimate of drug-likeness (QED) is 0.428.